The molecule has 0 aliphatic carbocycles. The molecule has 1 saturated heterocycles. The number of morpholine rings is 1. The molecule has 0 atom stereocenters. The second-order valence-corrected chi connectivity index (χ2v) is 5.28. The van der Waals surface area contributed by atoms with E-state index in [-0.39, 0.29) is 5.91 Å². The van der Waals surface area contributed by atoms with Crippen LogP contribution in [0.5, 0.6) is 0 Å². The van der Waals surface area contributed by atoms with Crippen LogP contribution in [-0.2, 0) is 9.53 Å². The quantitative estimate of drug-likeness (QED) is 0.899. The normalized spacial score (nSPS) is 14.4. The molecule has 1 aliphatic heterocycles. The Morgan fingerprint density at radius 3 is 2.57 bits per heavy atom. The molecule has 2 heterocycles. The Balaban J connectivity index is 1.68. The number of carbonyl (C=O) groups is 1. The lowest BCUT2D eigenvalue weighted by Gasteiger charge is -2.28. The fourth-order valence-electron chi connectivity index (χ4n) is 2.40. The van der Waals surface area contributed by atoms with Gasteiger partial charge in [-0.1, -0.05) is 0 Å². The topological polar surface area (TPSA) is 79.4 Å². The van der Waals surface area contributed by atoms with Crippen LogP contribution >= 0.6 is 0 Å². The average molecular weight is 313 g/mol. The van der Waals surface area contributed by atoms with Gasteiger partial charge in [-0.15, -0.1) is 5.10 Å². The highest BCUT2D eigenvalue weighted by Gasteiger charge is 2.12. The first-order valence-corrected chi connectivity index (χ1v) is 7.51. The largest absolute Gasteiger partial charge is 0.378 e. The average Bonchev–Trinajstić information content (AvgIpc) is 2.57. The van der Waals surface area contributed by atoms with Gasteiger partial charge in [0.1, 0.15) is 0 Å². The van der Waals surface area contributed by atoms with Crippen LogP contribution in [0.1, 0.15) is 6.92 Å². The molecule has 1 aromatic carbocycles. The number of nitrogens with one attached hydrogen (secondary N) is 2. The van der Waals surface area contributed by atoms with Crippen molar-refractivity contribution in [2.24, 2.45) is 0 Å². The fraction of sp³-hybridized carbons (Fsp3) is 0.312. The predicted octanol–water partition coefficient (Wildman–Crippen LogP) is 2.02. The molecule has 120 valence electrons. The summed E-state index contributed by atoms with van der Waals surface area (Å²) in [6.07, 6.45) is 1.76. The molecule has 1 amide bonds. The van der Waals surface area contributed by atoms with E-state index in [0.29, 0.717) is 5.82 Å². The molecular weight excluding hydrogens is 294 g/mol. The molecule has 0 radical (unpaired) electrons. The van der Waals surface area contributed by atoms with Gasteiger partial charge in [0.25, 0.3) is 0 Å². The van der Waals surface area contributed by atoms with Crippen LogP contribution in [0.25, 0.3) is 0 Å². The second-order valence-electron chi connectivity index (χ2n) is 5.28. The summed E-state index contributed by atoms with van der Waals surface area (Å²) in [5, 5.41) is 14.1. The van der Waals surface area contributed by atoms with Crippen molar-refractivity contribution in [1.82, 2.24) is 10.2 Å². The number of anilines is 4. The summed E-state index contributed by atoms with van der Waals surface area (Å²) in [6.45, 7) is 4.66. The van der Waals surface area contributed by atoms with Gasteiger partial charge in [0, 0.05) is 37.5 Å². The molecule has 0 spiro atoms. The number of nitrogens with zero attached hydrogens (tertiary/aromatic N) is 3. The van der Waals surface area contributed by atoms with E-state index in [0.717, 1.165) is 43.4 Å². The predicted molar refractivity (Wildman–Crippen MR) is 89.1 cm³/mol. The third-order valence-corrected chi connectivity index (χ3v) is 3.49. The van der Waals surface area contributed by atoms with Gasteiger partial charge >= 0.3 is 0 Å². The van der Waals surface area contributed by atoms with Crippen molar-refractivity contribution in [3.05, 3.63) is 36.5 Å². The lowest BCUT2D eigenvalue weighted by atomic mass is 10.2. The standard InChI is InChI=1S/C16H19N5O2/c1-12(22)18-13-2-4-14(5-3-13)19-16-10-15(11-17-20-16)21-6-8-23-9-7-21/h2-5,10-11H,6-9H2,1H3,(H,18,22)(H,19,20). The molecule has 0 unspecified atom stereocenters. The number of carbonyl (C=O) groups excluding carboxylic acids is 1. The maximum Gasteiger partial charge on any atom is 0.221 e. The highest BCUT2D eigenvalue weighted by atomic mass is 16.5. The zero-order chi connectivity index (χ0) is 16.1. The van der Waals surface area contributed by atoms with Gasteiger partial charge in [0.2, 0.25) is 5.91 Å². The van der Waals surface area contributed by atoms with Gasteiger partial charge in [-0.25, -0.2) is 0 Å². The minimum Gasteiger partial charge on any atom is -0.378 e. The highest BCUT2D eigenvalue weighted by Crippen LogP contribution is 2.21. The number of hydrogen-bond donors (Lipinski definition) is 2. The lowest BCUT2D eigenvalue weighted by molar-refractivity contribution is -0.114. The maximum atomic E-state index is 11.0. The van der Waals surface area contributed by atoms with E-state index in [1.807, 2.05) is 30.3 Å². The number of aromatic nitrogens is 2. The van der Waals surface area contributed by atoms with E-state index < -0.39 is 0 Å². The summed E-state index contributed by atoms with van der Waals surface area (Å²) in [7, 11) is 0. The van der Waals surface area contributed by atoms with Crippen molar-refractivity contribution in [2.75, 3.05) is 41.8 Å². The van der Waals surface area contributed by atoms with Gasteiger partial charge in [-0.05, 0) is 24.3 Å². The molecule has 2 N–H and O–H groups in total. The number of hydrogen-bond acceptors (Lipinski definition) is 6. The van der Waals surface area contributed by atoms with E-state index in [2.05, 4.69) is 25.7 Å². The summed E-state index contributed by atoms with van der Waals surface area (Å²) >= 11 is 0. The zero-order valence-electron chi connectivity index (χ0n) is 13.0. The smallest absolute Gasteiger partial charge is 0.221 e. The van der Waals surface area contributed by atoms with Crippen LogP contribution in [0.2, 0.25) is 0 Å². The fourth-order valence-corrected chi connectivity index (χ4v) is 2.40. The van der Waals surface area contributed by atoms with Gasteiger partial charge in [0.05, 0.1) is 25.1 Å². The summed E-state index contributed by atoms with van der Waals surface area (Å²) in [6, 6.07) is 9.41. The Hall–Kier alpha value is -2.67. The van der Waals surface area contributed by atoms with Crippen LogP contribution in [-0.4, -0.2) is 42.4 Å². The molecule has 7 nitrogen and oxygen atoms in total. The maximum absolute atomic E-state index is 11.0. The van der Waals surface area contributed by atoms with Crippen molar-refractivity contribution < 1.29 is 9.53 Å². The minimum atomic E-state index is -0.0882. The Labute approximate surface area is 134 Å². The van der Waals surface area contributed by atoms with Crippen LogP contribution in [0, 0.1) is 0 Å². The lowest BCUT2D eigenvalue weighted by Crippen LogP contribution is -2.36. The zero-order valence-corrected chi connectivity index (χ0v) is 13.0. The van der Waals surface area contributed by atoms with Crippen LogP contribution in [0.4, 0.5) is 22.9 Å². The Morgan fingerprint density at radius 2 is 1.87 bits per heavy atom. The second kappa shape index (κ2) is 7.06. The number of rotatable bonds is 4. The van der Waals surface area contributed by atoms with Crippen molar-refractivity contribution in [2.45, 2.75) is 6.92 Å². The minimum absolute atomic E-state index is 0.0882. The first kappa shape index (κ1) is 15.2. The molecule has 1 aliphatic rings. The van der Waals surface area contributed by atoms with Crippen molar-refractivity contribution in [3.63, 3.8) is 0 Å². The highest BCUT2D eigenvalue weighted by molar-refractivity contribution is 5.88. The van der Waals surface area contributed by atoms with E-state index in [1.54, 1.807) is 6.20 Å². The van der Waals surface area contributed by atoms with Crippen molar-refractivity contribution >= 4 is 28.8 Å². The molecule has 0 saturated carbocycles. The van der Waals surface area contributed by atoms with E-state index in [1.165, 1.54) is 6.92 Å². The first-order chi connectivity index (χ1) is 11.2. The van der Waals surface area contributed by atoms with Crippen molar-refractivity contribution in [1.29, 1.82) is 0 Å². The Morgan fingerprint density at radius 1 is 1.17 bits per heavy atom. The Kier molecular flexibility index (Phi) is 4.68. The van der Waals surface area contributed by atoms with E-state index in [4.69, 9.17) is 4.74 Å². The summed E-state index contributed by atoms with van der Waals surface area (Å²) in [4.78, 5) is 13.2. The van der Waals surface area contributed by atoms with Gasteiger partial charge in [0.15, 0.2) is 5.82 Å². The monoisotopic (exact) mass is 313 g/mol. The van der Waals surface area contributed by atoms with Crippen molar-refractivity contribution in [3.8, 4) is 0 Å². The van der Waals surface area contributed by atoms with E-state index in [9.17, 15) is 4.79 Å². The number of amides is 1. The third kappa shape index (κ3) is 4.17. The molecule has 1 fully saturated rings. The summed E-state index contributed by atoms with van der Waals surface area (Å²) in [5.74, 6) is 0.594. The molecular formula is C16H19N5O2. The summed E-state index contributed by atoms with van der Waals surface area (Å²) < 4.78 is 5.36. The molecule has 2 aromatic rings. The van der Waals surface area contributed by atoms with E-state index >= 15 is 0 Å². The third-order valence-electron chi connectivity index (χ3n) is 3.49. The first-order valence-electron chi connectivity index (χ1n) is 7.51. The van der Waals surface area contributed by atoms with Crippen LogP contribution in [0.15, 0.2) is 36.5 Å². The number of benzene rings is 1. The molecule has 7 heteroatoms. The SMILES string of the molecule is CC(=O)Nc1ccc(Nc2cc(N3CCOCC3)cnn2)cc1. The van der Waals surface area contributed by atoms with Gasteiger partial charge < -0.3 is 20.3 Å². The molecule has 1 aromatic heterocycles. The van der Waals surface area contributed by atoms with Gasteiger partial charge in [-0.3, -0.25) is 4.79 Å². The van der Waals surface area contributed by atoms with Crippen LogP contribution in [0.3, 0.4) is 0 Å². The van der Waals surface area contributed by atoms with Gasteiger partial charge in [-0.2, -0.15) is 5.10 Å². The molecule has 3 rings (SSSR count). The molecule has 0 bridgehead atoms. The Bertz CT molecular complexity index is 668. The summed E-state index contributed by atoms with van der Waals surface area (Å²) in [5.41, 5.74) is 2.67. The van der Waals surface area contributed by atoms with Crippen LogP contribution < -0.4 is 15.5 Å². The number of ether oxygens (including phenoxy) is 1. The molecule has 23 heavy (non-hydrogen) atoms.